The van der Waals surface area contributed by atoms with Gasteiger partial charge in [-0.05, 0) is 30.2 Å². The smallest absolute Gasteiger partial charge is 0.160 e. The summed E-state index contributed by atoms with van der Waals surface area (Å²) in [7, 11) is 4.94. The van der Waals surface area contributed by atoms with Crippen LogP contribution in [-0.4, -0.2) is 37.8 Å². The predicted molar refractivity (Wildman–Crippen MR) is 114 cm³/mol. The summed E-state index contributed by atoms with van der Waals surface area (Å²) in [5.74, 6) is 3.82. The van der Waals surface area contributed by atoms with E-state index >= 15 is 0 Å². The van der Waals surface area contributed by atoms with Crippen molar-refractivity contribution in [2.24, 2.45) is 0 Å². The standard InChI is InChI=1S/C22H26N4O3/c1-27-18-7-5-4-6-17(18)14-24-22-13-21(25-15-26-22)23-11-10-16-8-9-19(28-2)20(12-16)29-3/h4-9,12-13,15H,10-11,14H2,1-3H3,(H2,23,24,25,26). The third kappa shape index (κ3) is 5.51. The van der Waals surface area contributed by atoms with Gasteiger partial charge in [0.25, 0.3) is 0 Å². The first-order valence-corrected chi connectivity index (χ1v) is 9.36. The van der Waals surface area contributed by atoms with Crippen LogP contribution in [0.1, 0.15) is 11.1 Å². The molecule has 3 rings (SSSR count). The average molecular weight is 394 g/mol. The van der Waals surface area contributed by atoms with Crippen molar-refractivity contribution in [1.82, 2.24) is 9.97 Å². The third-order valence-electron chi connectivity index (χ3n) is 4.49. The monoisotopic (exact) mass is 394 g/mol. The van der Waals surface area contributed by atoms with E-state index in [1.165, 1.54) is 0 Å². The Balaban J connectivity index is 1.55. The molecule has 2 N–H and O–H groups in total. The fourth-order valence-corrected chi connectivity index (χ4v) is 2.96. The Kier molecular flexibility index (Phi) is 7.10. The number of aromatic nitrogens is 2. The lowest BCUT2D eigenvalue weighted by molar-refractivity contribution is 0.354. The topological polar surface area (TPSA) is 77.5 Å². The first kappa shape index (κ1) is 20.3. The van der Waals surface area contributed by atoms with E-state index in [1.54, 1.807) is 27.7 Å². The number of hydrogen-bond acceptors (Lipinski definition) is 7. The highest BCUT2D eigenvalue weighted by Gasteiger charge is 2.06. The first-order valence-electron chi connectivity index (χ1n) is 9.36. The molecule has 1 heterocycles. The molecule has 152 valence electrons. The summed E-state index contributed by atoms with van der Waals surface area (Å²) in [4.78, 5) is 8.57. The molecular formula is C22H26N4O3. The van der Waals surface area contributed by atoms with E-state index in [2.05, 4.69) is 20.6 Å². The highest BCUT2D eigenvalue weighted by molar-refractivity contribution is 5.48. The van der Waals surface area contributed by atoms with Crippen molar-refractivity contribution >= 4 is 11.6 Å². The van der Waals surface area contributed by atoms with Crippen molar-refractivity contribution < 1.29 is 14.2 Å². The van der Waals surface area contributed by atoms with Crippen LogP contribution in [0.15, 0.2) is 54.9 Å². The number of methoxy groups -OCH3 is 3. The highest BCUT2D eigenvalue weighted by Crippen LogP contribution is 2.27. The molecule has 29 heavy (non-hydrogen) atoms. The molecule has 0 aliphatic rings. The lowest BCUT2D eigenvalue weighted by atomic mass is 10.1. The Morgan fingerprint density at radius 2 is 1.48 bits per heavy atom. The Morgan fingerprint density at radius 1 is 0.759 bits per heavy atom. The third-order valence-corrected chi connectivity index (χ3v) is 4.49. The van der Waals surface area contributed by atoms with Crippen LogP contribution in [-0.2, 0) is 13.0 Å². The van der Waals surface area contributed by atoms with E-state index in [1.807, 2.05) is 48.5 Å². The molecule has 0 saturated heterocycles. The van der Waals surface area contributed by atoms with Gasteiger partial charge in [-0.1, -0.05) is 24.3 Å². The lowest BCUT2D eigenvalue weighted by Gasteiger charge is -2.12. The zero-order chi connectivity index (χ0) is 20.5. The van der Waals surface area contributed by atoms with Crippen LogP contribution in [0.2, 0.25) is 0 Å². The fourth-order valence-electron chi connectivity index (χ4n) is 2.96. The quantitative estimate of drug-likeness (QED) is 0.542. The zero-order valence-corrected chi connectivity index (χ0v) is 16.9. The van der Waals surface area contributed by atoms with Crippen LogP contribution in [0.4, 0.5) is 11.6 Å². The van der Waals surface area contributed by atoms with Crippen LogP contribution in [0.5, 0.6) is 17.2 Å². The van der Waals surface area contributed by atoms with Gasteiger partial charge in [-0.3, -0.25) is 0 Å². The molecule has 0 atom stereocenters. The maximum atomic E-state index is 5.38. The second-order valence-corrected chi connectivity index (χ2v) is 6.32. The van der Waals surface area contributed by atoms with Crippen LogP contribution in [0, 0.1) is 0 Å². The Labute approximate surface area is 171 Å². The number of nitrogens with zero attached hydrogens (tertiary/aromatic N) is 2. The minimum atomic E-state index is 0.617. The number of nitrogens with one attached hydrogen (secondary N) is 2. The molecule has 0 amide bonds. The van der Waals surface area contributed by atoms with Crippen molar-refractivity contribution in [3.05, 3.63) is 66.0 Å². The van der Waals surface area contributed by atoms with Gasteiger partial charge in [0, 0.05) is 24.7 Å². The van der Waals surface area contributed by atoms with Crippen LogP contribution < -0.4 is 24.8 Å². The molecule has 1 aromatic heterocycles. The Hall–Kier alpha value is -3.48. The Morgan fingerprint density at radius 3 is 2.24 bits per heavy atom. The van der Waals surface area contributed by atoms with Gasteiger partial charge in [0.1, 0.15) is 23.7 Å². The second-order valence-electron chi connectivity index (χ2n) is 6.32. The molecule has 0 bridgehead atoms. The Bertz CT molecular complexity index is 933. The maximum absolute atomic E-state index is 5.38. The minimum Gasteiger partial charge on any atom is -0.496 e. The number of rotatable bonds is 10. The van der Waals surface area contributed by atoms with Crippen molar-refractivity contribution in [2.45, 2.75) is 13.0 Å². The van der Waals surface area contributed by atoms with Crippen molar-refractivity contribution in [1.29, 1.82) is 0 Å². The normalized spacial score (nSPS) is 10.3. The van der Waals surface area contributed by atoms with Gasteiger partial charge < -0.3 is 24.8 Å². The summed E-state index contributed by atoms with van der Waals surface area (Å²) < 4.78 is 16.0. The van der Waals surface area contributed by atoms with Gasteiger partial charge in [0.15, 0.2) is 11.5 Å². The van der Waals surface area contributed by atoms with Crippen molar-refractivity contribution in [2.75, 3.05) is 38.5 Å². The van der Waals surface area contributed by atoms with Gasteiger partial charge in [-0.2, -0.15) is 0 Å². The lowest BCUT2D eigenvalue weighted by Crippen LogP contribution is -2.08. The molecule has 0 radical (unpaired) electrons. The van der Waals surface area contributed by atoms with E-state index in [-0.39, 0.29) is 0 Å². The molecule has 0 spiro atoms. The number of ether oxygens (including phenoxy) is 3. The number of para-hydroxylation sites is 1. The summed E-state index contributed by atoms with van der Waals surface area (Å²) in [6, 6.07) is 15.7. The summed E-state index contributed by atoms with van der Waals surface area (Å²) in [6.07, 6.45) is 2.37. The summed E-state index contributed by atoms with van der Waals surface area (Å²) in [5, 5.41) is 6.64. The van der Waals surface area contributed by atoms with E-state index in [0.29, 0.717) is 6.54 Å². The molecule has 0 aliphatic heterocycles. The van der Waals surface area contributed by atoms with Gasteiger partial charge in [0.2, 0.25) is 0 Å². The number of hydrogen-bond donors (Lipinski definition) is 2. The van der Waals surface area contributed by atoms with E-state index in [4.69, 9.17) is 14.2 Å². The van der Waals surface area contributed by atoms with Gasteiger partial charge in [-0.15, -0.1) is 0 Å². The summed E-state index contributed by atoms with van der Waals surface area (Å²) in [5.41, 5.74) is 2.22. The van der Waals surface area contributed by atoms with E-state index in [0.717, 1.165) is 53.0 Å². The number of anilines is 2. The van der Waals surface area contributed by atoms with Gasteiger partial charge >= 0.3 is 0 Å². The molecule has 3 aromatic rings. The summed E-state index contributed by atoms with van der Waals surface area (Å²) in [6.45, 7) is 1.35. The molecule has 7 heteroatoms. The SMILES string of the molecule is COc1ccccc1CNc1cc(NCCc2ccc(OC)c(OC)c2)ncn1. The molecule has 7 nitrogen and oxygen atoms in total. The largest absolute Gasteiger partial charge is 0.496 e. The van der Waals surface area contributed by atoms with Crippen molar-refractivity contribution in [3.63, 3.8) is 0 Å². The number of benzene rings is 2. The molecule has 0 saturated carbocycles. The second kappa shape index (κ2) is 10.2. The van der Waals surface area contributed by atoms with Gasteiger partial charge in [0.05, 0.1) is 21.3 Å². The molecule has 0 aliphatic carbocycles. The molecule has 0 fully saturated rings. The zero-order valence-electron chi connectivity index (χ0n) is 16.9. The summed E-state index contributed by atoms with van der Waals surface area (Å²) >= 11 is 0. The minimum absolute atomic E-state index is 0.617. The fraction of sp³-hybridized carbons (Fsp3) is 0.273. The van der Waals surface area contributed by atoms with Crippen LogP contribution >= 0.6 is 0 Å². The van der Waals surface area contributed by atoms with Crippen LogP contribution in [0.25, 0.3) is 0 Å². The maximum Gasteiger partial charge on any atom is 0.160 e. The first-order chi connectivity index (χ1) is 14.2. The van der Waals surface area contributed by atoms with Crippen LogP contribution in [0.3, 0.4) is 0 Å². The molecular weight excluding hydrogens is 368 g/mol. The molecule has 2 aromatic carbocycles. The van der Waals surface area contributed by atoms with E-state index < -0.39 is 0 Å². The highest BCUT2D eigenvalue weighted by atomic mass is 16.5. The van der Waals surface area contributed by atoms with Gasteiger partial charge in [-0.25, -0.2) is 9.97 Å². The predicted octanol–water partition coefficient (Wildman–Crippen LogP) is 3.77. The average Bonchev–Trinajstić information content (AvgIpc) is 2.78. The molecule has 0 unspecified atom stereocenters. The van der Waals surface area contributed by atoms with Crippen molar-refractivity contribution in [3.8, 4) is 17.2 Å². The van der Waals surface area contributed by atoms with E-state index in [9.17, 15) is 0 Å².